The SMILES string of the molecule is Cc1cc(Cl)ccc1OC(C)C(=O)OCc1nc(N)c2ccccc2n1. The Morgan fingerprint density at radius 1 is 1.23 bits per heavy atom. The number of rotatable bonds is 5. The number of fused-ring (bicyclic) bond motifs is 1. The lowest BCUT2D eigenvalue weighted by Gasteiger charge is -2.15. The zero-order valence-corrected chi connectivity index (χ0v) is 15.2. The molecule has 3 rings (SSSR count). The number of aryl methyl sites for hydroxylation is 1. The second-order valence-electron chi connectivity index (χ2n) is 5.82. The molecule has 0 bridgehead atoms. The number of para-hydroxylation sites is 1. The number of halogens is 1. The Labute approximate surface area is 155 Å². The maximum Gasteiger partial charge on any atom is 0.347 e. The Morgan fingerprint density at radius 3 is 2.77 bits per heavy atom. The van der Waals surface area contributed by atoms with Gasteiger partial charge in [0.2, 0.25) is 0 Å². The van der Waals surface area contributed by atoms with Gasteiger partial charge in [0, 0.05) is 10.4 Å². The molecule has 0 saturated carbocycles. The van der Waals surface area contributed by atoms with Crippen LogP contribution in [0.1, 0.15) is 18.3 Å². The van der Waals surface area contributed by atoms with Crippen molar-refractivity contribution in [1.29, 1.82) is 0 Å². The molecule has 0 aliphatic heterocycles. The molecular weight excluding hydrogens is 354 g/mol. The number of anilines is 1. The molecule has 1 atom stereocenters. The number of carbonyl (C=O) groups is 1. The van der Waals surface area contributed by atoms with Crippen molar-refractivity contribution in [2.45, 2.75) is 26.6 Å². The van der Waals surface area contributed by atoms with Crippen LogP contribution in [0.25, 0.3) is 10.9 Å². The molecule has 2 N–H and O–H groups in total. The Morgan fingerprint density at radius 2 is 2.00 bits per heavy atom. The summed E-state index contributed by atoms with van der Waals surface area (Å²) in [5, 5.41) is 1.37. The molecule has 3 aromatic rings. The number of nitrogens with zero attached hydrogens (tertiary/aromatic N) is 2. The van der Waals surface area contributed by atoms with Crippen molar-refractivity contribution in [2.75, 3.05) is 5.73 Å². The Kier molecular flexibility index (Phi) is 5.23. The van der Waals surface area contributed by atoms with Gasteiger partial charge in [-0.25, -0.2) is 14.8 Å². The van der Waals surface area contributed by atoms with E-state index in [1.54, 1.807) is 25.1 Å². The molecule has 0 aliphatic carbocycles. The molecule has 0 aliphatic rings. The first-order valence-electron chi connectivity index (χ1n) is 8.04. The van der Waals surface area contributed by atoms with E-state index in [1.165, 1.54) is 0 Å². The summed E-state index contributed by atoms with van der Waals surface area (Å²) < 4.78 is 10.9. The third-order valence-corrected chi connectivity index (χ3v) is 4.03. The number of nitrogen functional groups attached to an aromatic ring is 1. The summed E-state index contributed by atoms with van der Waals surface area (Å²) in [5.41, 5.74) is 7.46. The highest BCUT2D eigenvalue weighted by Gasteiger charge is 2.18. The Hall–Kier alpha value is -2.86. The Balaban J connectivity index is 1.64. The van der Waals surface area contributed by atoms with Crippen molar-refractivity contribution in [3.05, 3.63) is 58.9 Å². The Bertz CT molecular complexity index is 962. The van der Waals surface area contributed by atoms with Gasteiger partial charge in [-0.3, -0.25) is 0 Å². The van der Waals surface area contributed by atoms with Gasteiger partial charge in [-0.15, -0.1) is 0 Å². The van der Waals surface area contributed by atoms with E-state index >= 15 is 0 Å². The van der Waals surface area contributed by atoms with Crippen molar-refractivity contribution < 1.29 is 14.3 Å². The standard InChI is InChI=1S/C19H18ClN3O3/c1-11-9-13(20)7-8-16(11)26-12(2)19(24)25-10-17-22-15-6-4-3-5-14(15)18(21)23-17/h3-9,12H,10H2,1-2H3,(H2,21,22,23). The molecule has 0 amide bonds. The van der Waals surface area contributed by atoms with Crippen LogP contribution in [0.2, 0.25) is 5.02 Å². The predicted molar refractivity (Wildman–Crippen MR) is 100 cm³/mol. The summed E-state index contributed by atoms with van der Waals surface area (Å²) in [4.78, 5) is 20.7. The van der Waals surface area contributed by atoms with Gasteiger partial charge in [-0.05, 0) is 49.7 Å². The van der Waals surface area contributed by atoms with Gasteiger partial charge in [0.15, 0.2) is 18.5 Å². The maximum atomic E-state index is 12.2. The summed E-state index contributed by atoms with van der Waals surface area (Å²) in [6, 6.07) is 12.6. The summed E-state index contributed by atoms with van der Waals surface area (Å²) in [5.74, 6) is 0.742. The van der Waals surface area contributed by atoms with Crippen LogP contribution in [0.15, 0.2) is 42.5 Å². The quantitative estimate of drug-likeness (QED) is 0.688. The lowest BCUT2D eigenvalue weighted by molar-refractivity contribution is -0.152. The maximum absolute atomic E-state index is 12.2. The molecular formula is C19H18ClN3O3. The van der Waals surface area contributed by atoms with Crippen LogP contribution in [0.3, 0.4) is 0 Å². The monoisotopic (exact) mass is 371 g/mol. The van der Waals surface area contributed by atoms with Crippen LogP contribution in [-0.4, -0.2) is 22.0 Å². The van der Waals surface area contributed by atoms with Crippen LogP contribution in [0, 0.1) is 6.92 Å². The van der Waals surface area contributed by atoms with E-state index < -0.39 is 12.1 Å². The van der Waals surface area contributed by atoms with Crippen molar-refractivity contribution in [3.63, 3.8) is 0 Å². The summed E-state index contributed by atoms with van der Waals surface area (Å²) >= 11 is 5.92. The lowest BCUT2D eigenvalue weighted by atomic mass is 10.2. The van der Waals surface area contributed by atoms with Crippen molar-refractivity contribution in [3.8, 4) is 5.75 Å². The number of ether oxygens (including phenoxy) is 2. The van der Waals surface area contributed by atoms with Gasteiger partial charge in [0.05, 0.1) is 5.52 Å². The highest BCUT2D eigenvalue weighted by atomic mass is 35.5. The molecule has 7 heteroatoms. The first-order valence-corrected chi connectivity index (χ1v) is 8.42. The molecule has 0 spiro atoms. The van der Waals surface area contributed by atoms with E-state index in [2.05, 4.69) is 9.97 Å². The highest BCUT2D eigenvalue weighted by Crippen LogP contribution is 2.23. The minimum absolute atomic E-state index is 0.0822. The first kappa shape index (κ1) is 17.9. The van der Waals surface area contributed by atoms with E-state index in [4.69, 9.17) is 26.8 Å². The average molecular weight is 372 g/mol. The molecule has 1 unspecified atom stereocenters. The van der Waals surface area contributed by atoms with Gasteiger partial charge < -0.3 is 15.2 Å². The minimum atomic E-state index is -0.785. The summed E-state index contributed by atoms with van der Waals surface area (Å²) in [7, 11) is 0. The van der Waals surface area contributed by atoms with Crippen molar-refractivity contribution in [2.24, 2.45) is 0 Å². The summed E-state index contributed by atoms with van der Waals surface area (Å²) in [6.45, 7) is 3.39. The van der Waals surface area contributed by atoms with Crippen LogP contribution >= 0.6 is 11.6 Å². The van der Waals surface area contributed by atoms with Gasteiger partial charge in [0.25, 0.3) is 0 Å². The highest BCUT2D eigenvalue weighted by molar-refractivity contribution is 6.30. The van der Waals surface area contributed by atoms with Crippen LogP contribution in [0.5, 0.6) is 5.75 Å². The van der Waals surface area contributed by atoms with Gasteiger partial charge in [-0.1, -0.05) is 23.7 Å². The number of carbonyl (C=O) groups excluding carboxylic acids is 1. The van der Waals surface area contributed by atoms with Crippen molar-refractivity contribution in [1.82, 2.24) is 9.97 Å². The third kappa shape index (κ3) is 4.03. The summed E-state index contributed by atoms with van der Waals surface area (Å²) in [6.07, 6.45) is -0.785. The zero-order valence-electron chi connectivity index (χ0n) is 14.4. The number of benzene rings is 2. The normalized spacial score (nSPS) is 12.0. The van der Waals surface area contributed by atoms with Crippen molar-refractivity contribution >= 4 is 34.3 Å². The molecule has 2 aromatic carbocycles. The van der Waals surface area contributed by atoms with E-state index in [1.807, 2.05) is 31.2 Å². The first-order chi connectivity index (χ1) is 12.4. The molecule has 0 saturated heterocycles. The number of aromatic nitrogens is 2. The van der Waals surface area contributed by atoms with Crippen LogP contribution < -0.4 is 10.5 Å². The lowest BCUT2D eigenvalue weighted by Crippen LogP contribution is -2.26. The van der Waals surface area contributed by atoms with E-state index in [-0.39, 0.29) is 6.61 Å². The second-order valence-corrected chi connectivity index (χ2v) is 6.26. The fourth-order valence-electron chi connectivity index (χ4n) is 2.45. The van der Waals surface area contributed by atoms with Crippen LogP contribution in [-0.2, 0) is 16.1 Å². The largest absolute Gasteiger partial charge is 0.479 e. The molecule has 134 valence electrons. The molecule has 0 radical (unpaired) electrons. The van der Waals surface area contributed by atoms with Gasteiger partial charge >= 0.3 is 5.97 Å². The zero-order chi connectivity index (χ0) is 18.7. The fourth-order valence-corrected chi connectivity index (χ4v) is 2.68. The second kappa shape index (κ2) is 7.58. The number of nitrogens with two attached hydrogens (primary N) is 1. The molecule has 6 nitrogen and oxygen atoms in total. The topological polar surface area (TPSA) is 87.3 Å². The van der Waals surface area contributed by atoms with Crippen LogP contribution in [0.4, 0.5) is 5.82 Å². The number of hydrogen-bond donors (Lipinski definition) is 1. The number of hydrogen-bond acceptors (Lipinski definition) is 6. The van der Waals surface area contributed by atoms with Gasteiger partial charge in [0.1, 0.15) is 11.6 Å². The molecule has 0 fully saturated rings. The van der Waals surface area contributed by atoms with Gasteiger partial charge in [-0.2, -0.15) is 0 Å². The molecule has 1 aromatic heterocycles. The third-order valence-electron chi connectivity index (χ3n) is 3.80. The smallest absolute Gasteiger partial charge is 0.347 e. The predicted octanol–water partition coefficient (Wildman–Crippen LogP) is 3.68. The molecule has 26 heavy (non-hydrogen) atoms. The van der Waals surface area contributed by atoms with E-state index in [9.17, 15) is 4.79 Å². The molecule has 1 heterocycles. The van der Waals surface area contributed by atoms with E-state index in [0.29, 0.717) is 27.9 Å². The fraction of sp³-hybridized carbons (Fsp3) is 0.211. The van der Waals surface area contributed by atoms with E-state index in [0.717, 1.165) is 10.9 Å². The number of esters is 1. The minimum Gasteiger partial charge on any atom is -0.479 e. The average Bonchev–Trinajstić information content (AvgIpc) is 2.62.